The van der Waals surface area contributed by atoms with E-state index in [1.165, 1.54) is 0 Å². The number of rotatable bonds is 3. The second-order valence-corrected chi connectivity index (χ2v) is 4.85. The molecule has 0 unspecified atom stereocenters. The number of carbonyl (C=O) groups is 2. The van der Waals surface area contributed by atoms with Crippen molar-refractivity contribution in [3.05, 3.63) is 48.7 Å². The average Bonchev–Trinajstić information content (AvgIpc) is 2.57. The first kappa shape index (κ1) is 13.9. The fourth-order valence-electron chi connectivity index (χ4n) is 2.09. The Morgan fingerprint density at radius 3 is 2.55 bits per heavy atom. The highest BCUT2D eigenvalue weighted by molar-refractivity contribution is 6.43. The van der Waals surface area contributed by atoms with Crippen molar-refractivity contribution in [1.29, 1.82) is 0 Å². The van der Waals surface area contributed by atoms with Crippen LogP contribution in [-0.2, 0) is 9.59 Å². The summed E-state index contributed by atoms with van der Waals surface area (Å²) in [6.07, 6.45) is 2.22. The highest BCUT2D eigenvalue weighted by atomic mass is 16.2. The molecule has 2 amide bonds. The first-order valence-corrected chi connectivity index (χ1v) is 6.90. The van der Waals surface area contributed by atoms with Gasteiger partial charge in [-0.2, -0.15) is 5.10 Å². The molecule has 0 saturated carbocycles. The lowest BCUT2D eigenvalue weighted by atomic mass is 10.1. The minimum Gasteiger partial charge on any atom is -0.319 e. The maximum atomic E-state index is 12.0. The van der Waals surface area contributed by atoms with Crippen molar-refractivity contribution in [1.82, 2.24) is 10.4 Å². The molecule has 0 fully saturated rings. The number of hydrogen-bond acceptors (Lipinski definition) is 4. The van der Waals surface area contributed by atoms with Crippen LogP contribution in [0, 0.1) is 0 Å². The van der Waals surface area contributed by atoms with E-state index in [0.717, 1.165) is 11.3 Å². The van der Waals surface area contributed by atoms with Gasteiger partial charge in [0.15, 0.2) is 0 Å². The predicted molar refractivity (Wildman–Crippen MR) is 83.1 cm³/mol. The summed E-state index contributed by atoms with van der Waals surface area (Å²) in [5.74, 6) is -0.500. The molecule has 2 N–H and O–H groups in total. The van der Waals surface area contributed by atoms with E-state index < -0.39 is 0 Å². The third kappa shape index (κ3) is 3.17. The Morgan fingerprint density at radius 1 is 1.09 bits per heavy atom. The van der Waals surface area contributed by atoms with Crippen LogP contribution in [0.1, 0.15) is 12.8 Å². The molecule has 0 aliphatic carbocycles. The highest BCUT2D eigenvalue weighted by Gasteiger charge is 2.18. The number of hydrazone groups is 1. The molecule has 1 aliphatic rings. The van der Waals surface area contributed by atoms with E-state index in [2.05, 4.69) is 20.8 Å². The zero-order valence-corrected chi connectivity index (χ0v) is 11.7. The summed E-state index contributed by atoms with van der Waals surface area (Å²) in [5.41, 5.74) is 5.05. The van der Waals surface area contributed by atoms with Crippen LogP contribution in [0.15, 0.2) is 53.8 Å². The molecule has 1 aromatic heterocycles. The van der Waals surface area contributed by atoms with E-state index in [1.807, 2.05) is 36.4 Å². The molecule has 2 aromatic rings. The van der Waals surface area contributed by atoms with Crippen molar-refractivity contribution < 1.29 is 9.59 Å². The summed E-state index contributed by atoms with van der Waals surface area (Å²) in [6, 6.07) is 13.4. The molecular weight excluding hydrogens is 280 g/mol. The van der Waals surface area contributed by atoms with Crippen molar-refractivity contribution in [2.75, 3.05) is 5.32 Å². The third-order valence-electron chi connectivity index (χ3n) is 3.26. The van der Waals surface area contributed by atoms with Gasteiger partial charge in [-0.3, -0.25) is 14.6 Å². The lowest BCUT2D eigenvalue weighted by Crippen LogP contribution is -2.32. The van der Waals surface area contributed by atoms with Gasteiger partial charge in [0.2, 0.25) is 5.91 Å². The Labute approximate surface area is 127 Å². The Bertz CT molecular complexity index is 724. The number of hydrogen-bond donors (Lipinski definition) is 2. The summed E-state index contributed by atoms with van der Waals surface area (Å²) in [4.78, 5) is 27.3. The summed E-state index contributed by atoms with van der Waals surface area (Å²) >= 11 is 0. The van der Waals surface area contributed by atoms with Gasteiger partial charge < -0.3 is 5.32 Å². The number of pyridine rings is 1. The van der Waals surface area contributed by atoms with Crippen LogP contribution >= 0.6 is 0 Å². The Balaban J connectivity index is 1.69. The second kappa shape index (κ2) is 6.17. The van der Waals surface area contributed by atoms with Crippen molar-refractivity contribution in [3.63, 3.8) is 0 Å². The molecule has 2 heterocycles. The van der Waals surface area contributed by atoms with Crippen molar-refractivity contribution in [2.24, 2.45) is 5.10 Å². The molecule has 110 valence electrons. The van der Waals surface area contributed by atoms with Gasteiger partial charge in [-0.25, -0.2) is 5.43 Å². The average molecular weight is 294 g/mol. The predicted octanol–water partition coefficient (Wildman–Crippen LogP) is 1.95. The van der Waals surface area contributed by atoms with Gasteiger partial charge in [0.1, 0.15) is 5.71 Å². The number of nitrogens with one attached hydrogen (secondary N) is 2. The Kier molecular flexibility index (Phi) is 3.91. The lowest BCUT2D eigenvalue weighted by Gasteiger charge is -2.12. The maximum absolute atomic E-state index is 12.0. The van der Waals surface area contributed by atoms with E-state index in [9.17, 15) is 9.59 Å². The molecular formula is C16H14N4O2. The first-order chi connectivity index (χ1) is 10.7. The topological polar surface area (TPSA) is 83.5 Å². The number of nitrogens with zero attached hydrogens (tertiary/aromatic N) is 2. The van der Waals surface area contributed by atoms with Crippen LogP contribution in [0.5, 0.6) is 0 Å². The monoisotopic (exact) mass is 294 g/mol. The minimum absolute atomic E-state index is 0.176. The molecule has 1 aromatic carbocycles. The smallest absolute Gasteiger partial charge is 0.271 e. The van der Waals surface area contributed by atoms with Gasteiger partial charge >= 0.3 is 0 Å². The van der Waals surface area contributed by atoms with E-state index in [1.54, 1.807) is 12.3 Å². The van der Waals surface area contributed by atoms with Gasteiger partial charge in [0.25, 0.3) is 5.91 Å². The fourth-order valence-corrected chi connectivity index (χ4v) is 2.09. The van der Waals surface area contributed by atoms with E-state index in [-0.39, 0.29) is 18.2 Å². The van der Waals surface area contributed by atoms with Crippen molar-refractivity contribution in [3.8, 4) is 11.3 Å². The molecule has 22 heavy (non-hydrogen) atoms. The largest absolute Gasteiger partial charge is 0.319 e. The molecule has 0 spiro atoms. The van der Waals surface area contributed by atoms with Crippen LogP contribution in [-0.4, -0.2) is 22.5 Å². The van der Waals surface area contributed by atoms with E-state index in [0.29, 0.717) is 17.8 Å². The maximum Gasteiger partial charge on any atom is 0.271 e. The Morgan fingerprint density at radius 2 is 1.91 bits per heavy atom. The normalized spacial score (nSPS) is 14.0. The van der Waals surface area contributed by atoms with Crippen LogP contribution in [0.25, 0.3) is 11.3 Å². The molecule has 6 heteroatoms. The number of carbonyl (C=O) groups excluding carboxylic acids is 2. The van der Waals surface area contributed by atoms with Gasteiger partial charge in [-0.1, -0.05) is 30.3 Å². The molecule has 1 aliphatic heterocycles. The first-order valence-electron chi connectivity index (χ1n) is 6.90. The summed E-state index contributed by atoms with van der Waals surface area (Å²) < 4.78 is 0. The van der Waals surface area contributed by atoms with Crippen molar-refractivity contribution >= 4 is 23.2 Å². The SMILES string of the molecule is O=C1CCC(C(=O)Nc2ccc(-c3ccccc3)nc2)=NN1. The van der Waals surface area contributed by atoms with E-state index >= 15 is 0 Å². The van der Waals surface area contributed by atoms with Crippen LogP contribution in [0.2, 0.25) is 0 Å². The highest BCUT2D eigenvalue weighted by Crippen LogP contribution is 2.18. The number of benzene rings is 1. The Hall–Kier alpha value is -3.02. The van der Waals surface area contributed by atoms with Gasteiger partial charge in [-0.15, -0.1) is 0 Å². The molecule has 0 saturated heterocycles. The van der Waals surface area contributed by atoms with Crippen molar-refractivity contribution in [2.45, 2.75) is 12.8 Å². The zero-order chi connectivity index (χ0) is 15.4. The fraction of sp³-hybridized carbons (Fsp3) is 0.125. The standard InChI is InChI=1S/C16H14N4O2/c21-15-9-8-14(19-20-15)16(22)18-12-6-7-13(17-10-12)11-4-2-1-3-5-11/h1-7,10H,8-9H2,(H,18,22)(H,20,21). The zero-order valence-electron chi connectivity index (χ0n) is 11.7. The van der Waals surface area contributed by atoms with Gasteiger partial charge in [-0.05, 0) is 12.1 Å². The van der Waals surface area contributed by atoms with Gasteiger partial charge in [0, 0.05) is 18.4 Å². The quantitative estimate of drug-likeness (QED) is 0.907. The molecule has 0 atom stereocenters. The third-order valence-corrected chi connectivity index (χ3v) is 3.26. The number of amides is 2. The van der Waals surface area contributed by atoms with Gasteiger partial charge in [0.05, 0.1) is 17.6 Å². The summed E-state index contributed by atoms with van der Waals surface area (Å²) in [7, 11) is 0. The lowest BCUT2D eigenvalue weighted by molar-refractivity contribution is -0.121. The number of aromatic nitrogens is 1. The van der Waals surface area contributed by atoms with Crippen LogP contribution in [0.3, 0.4) is 0 Å². The second-order valence-electron chi connectivity index (χ2n) is 4.85. The molecule has 0 radical (unpaired) electrons. The number of anilines is 1. The summed E-state index contributed by atoms with van der Waals surface area (Å²) in [6.45, 7) is 0. The summed E-state index contributed by atoms with van der Waals surface area (Å²) in [5, 5.41) is 6.48. The molecule has 3 rings (SSSR count). The minimum atomic E-state index is -0.325. The molecule has 0 bridgehead atoms. The molecule has 6 nitrogen and oxygen atoms in total. The van der Waals surface area contributed by atoms with Crippen LogP contribution in [0.4, 0.5) is 5.69 Å². The van der Waals surface area contributed by atoms with Crippen LogP contribution < -0.4 is 10.7 Å². The van der Waals surface area contributed by atoms with E-state index in [4.69, 9.17) is 0 Å².